The molecule has 2 saturated heterocycles. The number of nitrogens with zero attached hydrogens (tertiary/aromatic N) is 2. The van der Waals surface area contributed by atoms with E-state index in [0.29, 0.717) is 49.3 Å². The molecular weight excluding hydrogens is 362 g/mol. The van der Waals surface area contributed by atoms with E-state index >= 15 is 0 Å². The fraction of sp³-hybridized carbons (Fsp3) is 0.550. The van der Waals surface area contributed by atoms with Crippen LogP contribution in [-0.4, -0.2) is 60.5 Å². The van der Waals surface area contributed by atoms with Crippen LogP contribution in [-0.2, 0) is 15.1 Å². The zero-order valence-corrected chi connectivity index (χ0v) is 16.2. The maximum Gasteiger partial charge on any atom is 0.325 e. The van der Waals surface area contributed by atoms with E-state index in [1.807, 2.05) is 0 Å². The van der Waals surface area contributed by atoms with Crippen molar-refractivity contribution in [2.75, 3.05) is 32.8 Å². The van der Waals surface area contributed by atoms with Gasteiger partial charge < -0.3 is 19.7 Å². The van der Waals surface area contributed by atoms with Gasteiger partial charge >= 0.3 is 6.03 Å². The van der Waals surface area contributed by atoms with Crippen molar-refractivity contribution in [3.05, 3.63) is 23.8 Å². The van der Waals surface area contributed by atoms with Gasteiger partial charge in [0, 0.05) is 13.1 Å². The molecule has 2 atom stereocenters. The van der Waals surface area contributed by atoms with E-state index in [-0.39, 0.29) is 12.5 Å². The third kappa shape index (κ3) is 3.16. The summed E-state index contributed by atoms with van der Waals surface area (Å²) in [6, 6.07) is 4.63. The minimum absolute atomic E-state index is 0.193. The maximum absolute atomic E-state index is 13.1. The van der Waals surface area contributed by atoms with Gasteiger partial charge in [0.1, 0.15) is 25.3 Å². The first-order valence-electron chi connectivity index (χ1n) is 9.70. The molecule has 4 amide bonds. The predicted octanol–water partition coefficient (Wildman–Crippen LogP) is 1.48. The molecule has 150 valence electrons. The highest BCUT2D eigenvalue weighted by atomic mass is 16.6. The summed E-state index contributed by atoms with van der Waals surface area (Å²) in [5.41, 5.74) is -0.654. The van der Waals surface area contributed by atoms with Gasteiger partial charge in [-0.05, 0) is 43.4 Å². The average molecular weight is 387 g/mol. The lowest BCUT2D eigenvalue weighted by Gasteiger charge is -2.32. The van der Waals surface area contributed by atoms with Crippen LogP contribution in [0.15, 0.2) is 18.2 Å². The number of ether oxygens (including phenoxy) is 2. The van der Waals surface area contributed by atoms with Crippen LogP contribution >= 0.6 is 0 Å². The lowest BCUT2D eigenvalue weighted by molar-refractivity contribution is -0.139. The van der Waals surface area contributed by atoms with Gasteiger partial charge in [-0.15, -0.1) is 0 Å². The maximum atomic E-state index is 13.1. The van der Waals surface area contributed by atoms with Crippen LogP contribution in [0.2, 0.25) is 0 Å². The molecule has 0 saturated carbocycles. The quantitative estimate of drug-likeness (QED) is 0.794. The standard InChI is InChI=1S/C20H25N3O5/c1-13-4-3-7-22(11-13)17(24)12-23-18(25)20(2,21-19(23)26)14-5-6-15-16(10-14)28-9-8-27-15/h5-6,10,13H,3-4,7-9,11-12H2,1-2H3,(H,21,26)/t13-,20+/m1/s1. The molecule has 0 unspecified atom stereocenters. The van der Waals surface area contributed by atoms with Crippen LogP contribution < -0.4 is 14.8 Å². The summed E-state index contributed by atoms with van der Waals surface area (Å²) in [5.74, 6) is 0.961. The zero-order chi connectivity index (χ0) is 19.9. The van der Waals surface area contributed by atoms with Gasteiger partial charge in [0.05, 0.1) is 0 Å². The number of imide groups is 1. The Hall–Kier alpha value is -2.77. The van der Waals surface area contributed by atoms with Gasteiger partial charge in [-0.2, -0.15) is 0 Å². The lowest BCUT2D eigenvalue weighted by Crippen LogP contribution is -2.47. The molecule has 0 aromatic heterocycles. The van der Waals surface area contributed by atoms with Crippen molar-refractivity contribution in [2.24, 2.45) is 5.92 Å². The van der Waals surface area contributed by atoms with Crippen molar-refractivity contribution in [1.82, 2.24) is 15.1 Å². The number of rotatable bonds is 3. The predicted molar refractivity (Wildman–Crippen MR) is 100 cm³/mol. The zero-order valence-electron chi connectivity index (χ0n) is 16.2. The van der Waals surface area contributed by atoms with Gasteiger partial charge in [-0.3, -0.25) is 14.5 Å². The highest BCUT2D eigenvalue weighted by molar-refractivity contribution is 6.09. The van der Waals surface area contributed by atoms with E-state index in [1.54, 1.807) is 30.0 Å². The van der Waals surface area contributed by atoms with Gasteiger partial charge in [0.25, 0.3) is 5.91 Å². The molecule has 3 heterocycles. The first-order valence-corrected chi connectivity index (χ1v) is 9.70. The summed E-state index contributed by atoms with van der Waals surface area (Å²) in [7, 11) is 0. The molecular formula is C20H25N3O5. The smallest absolute Gasteiger partial charge is 0.325 e. The summed E-state index contributed by atoms with van der Waals surface area (Å²) < 4.78 is 11.1. The number of carbonyl (C=O) groups excluding carboxylic acids is 3. The highest BCUT2D eigenvalue weighted by Gasteiger charge is 2.50. The number of hydrogen-bond donors (Lipinski definition) is 1. The number of fused-ring (bicyclic) bond motifs is 1. The molecule has 1 N–H and O–H groups in total. The molecule has 1 aromatic rings. The molecule has 0 spiro atoms. The first-order chi connectivity index (χ1) is 13.4. The number of piperidine rings is 1. The molecule has 8 nitrogen and oxygen atoms in total. The van der Waals surface area contributed by atoms with Crippen molar-refractivity contribution < 1.29 is 23.9 Å². The Morgan fingerprint density at radius 3 is 2.75 bits per heavy atom. The second kappa shape index (κ2) is 7.00. The van der Waals surface area contributed by atoms with Crippen molar-refractivity contribution in [2.45, 2.75) is 32.2 Å². The van der Waals surface area contributed by atoms with Crippen LogP contribution in [0, 0.1) is 5.92 Å². The third-order valence-electron chi connectivity index (χ3n) is 5.70. The number of amides is 4. The molecule has 3 aliphatic rings. The molecule has 0 aliphatic carbocycles. The Morgan fingerprint density at radius 1 is 1.25 bits per heavy atom. The normalized spacial score (nSPS) is 27.0. The Balaban J connectivity index is 1.52. The van der Waals surface area contributed by atoms with Crippen LogP contribution in [0.1, 0.15) is 32.3 Å². The number of urea groups is 1. The summed E-state index contributed by atoms with van der Waals surface area (Å²) in [6.07, 6.45) is 2.04. The van der Waals surface area contributed by atoms with Crippen LogP contribution in [0.5, 0.6) is 11.5 Å². The van der Waals surface area contributed by atoms with Gasteiger partial charge in [-0.1, -0.05) is 13.0 Å². The Bertz CT molecular complexity index is 826. The summed E-state index contributed by atoms with van der Waals surface area (Å²) >= 11 is 0. The minimum Gasteiger partial charge on any atom is -0.486 e. The molecule has 8 heteroatoms. The van der Waals surface area contributed by atoms with E-state index in [2.05, 4.69) is 12.2 Å². The molecule has 0 bridgehead atoms. The van der Waals surface area contributed by atoms with E-state index in [9.17, 15) is 14.4 Å². The minimum atomic E-state index is -1.25. The molecule has 1 aromatic carbocycles. The van der Waals surface area contributed by atoms with E-state index in [4.69, 9.17) is 9.47 Å². The van der Waals surface area contributed by atoms with E-state index in [0.717, 1.165) is 17.7 Å². The van der Waals surface area contributed by atoms with Gasteiger partial charge in [0.15, 0.2) is 11.5 Å². The van der Waals surface area contributed by atoms with Crippen molar-refractivity contribution in [3.8, 4) is 11.5 Å². The second-order valence-electron chi connectivity index (χ2n) is 7.89. The molecule has 28 heavy (non-hydrogen) atoms. The van der Waals surface area contributed by atoms with Crippen molar-refractivity contribution >= 4 is 17.8 Å². The largest absolute Gasteiger partial charge is 0.486 e. The third-order valence-corrected chi connectivity index (χ3v) is 5.70. The number of nitrogens with one attached hydrogen (secondary N) is 1. The molecule has 2 fully saturated rings. The summed E-state index contributed by atoms with van der Waals surface area (Å²) in [4.78, 5) is 41.0. The van der Waals surface area contributed by atoms with Crippen molar-refractivity contribution in [1.29, 1.82) is 0 Å². The topological polar surface area (TPSA) is 88.2 Å². The fourth-order valence-corrected chi connectivity index (χ4v) is 4.04. The molecule has 0 radical (unpaired) electrons. The monoisotopic (exact) mass is 387 g/mol. The van der Waals surface area contributed by atoms with Crippen LogP contribution in [0.25, 0.3) is 0 Å². The fourth-order valence-electron chi connectivity index (χ4n) is 4.04. The first kappa shape index (κ1) is 18.6. The summed E-state index contributed by atoms with van der Waals surface area (Å²) in [5, 5.41) is 2.74. The SMILES string of the molecule is C[C@@H]1CCCN(C(=O)CN2C(=O)N[C@@](C)(c3ccc4c(c3)OCCO4)C2=O)C1. The van der Waals surface area contributed by atoms with Crippen LogP contribution in [0.3, 0.4) is 0 Å². The Labute approximate surface area is 163 Å². The average Bonchev–Trinajstić information content (AvgIpc) is 2.91. The van der Waals surface area contributed by atoms with Crippen LogP contribution in [0.4, 0.5) is 4.79 Å². The van der Waals surface area contributed by atoms with Gasteiger partial charge in [0.2, 0.25) is 5.91 Å². The molecule has 3 aliphatic heterocycles. The van der Waals surface area contributed by atoms with Crippen molar-refractivity contribution in [3.63, 3.8) is 0 Å². The second-order valence-corrected chi connectivity index (χ2v) is 7.89. The van der Waals surface area contributed by atoms with E-state index in [1.165, 1.54) is 0 Å². The number of benzene rings is 1. The number of likely N-dealkylation sites (tertiary alicyclic amines) is 1. The van der Waals surface area contributed by atoms with Gasteiger partial charge in [-0.25, -0.2) is 4.79 Å². The van der Waals surface area contributed by atoms with E-state index < -0.39 is 17.5 Å². The highest BCUT2D eigenvalue weighted by Crippen LogP contribution is 2.36. The number of carbonyl (C=O) groups is 3. The Kier molecular flexibility index (Phi) is 4.64. The Morgan fingerprint density at radius 2 is 2.00 bits per heavy atom. The molecule has 4 rings (SSSR count). The summed E-state index contributed by atoms with van der Waals surface area (Å²) in [6.45, 7) is 5.76. The number of hydrogen-bond acceptors (Lipinski definition) is 5. The lowest BCUT2D eigenvalue weighted by atomic mass is 9.91.